The van der Waals surface area contributed by atoms with Crippen molar-refractivity contribution < 1.29 is 121 Å². The van der Waals surface area contributed by atoms with Crippen LogP contribution >= 0.6 is 0 Å². The summed E-state index contributed by atoms with van der Waals surface area (Å²) in [6.07, 6.45) is -29.3. The van der Waals surface area contributed by atoms with E-state index in [9.17, 15) is 59.4 Å². The number of rotatable bonds is 15. The van der Waals surface area contributed by atoms with Crippen LogP contribution in [0.25, 0.3) is 0 Å². The van der Waals surface area contributed by atoms with Crippen molar-refractivity contribution in [3.05, 3.63) is 0 Å². The van der Waals surface area contributed by atoms with Crippen molar-refractivity contribution in [2.75, 3.05) is 0 Å². The van der Waals surface area contributed by atoms with Crippen molar-refractivity contribution in [2.24, 2.45) is 0 Å². The molecule has 0 fully saturated rings. The second-order valence-electron chi connectivity index (χ2n) is 7.53. The van der Waals surface area contributed by atoms with Crippen LogP contribution in [0.1, 0.15) is 0 Å². The Morgan fingerprint density at radius 2 is 0.333 bits per heavy atom. The maximum Gasteiger partial charge on any atom is 2.00 e. The molecule has 12 atom stereocenters. The minimum absolute atomic E-state index is 0. The van der Waals surface area contributed by atoms with Crippen LogP contribution in [-0.2, 0) is 28.8 Å². The summed E-state index contributed by atoms with van der Waals surface area (Å²) < 4.78 is 0. The minimum Gasteiger partial charge on any atom is -0.547 e. The van der Waals surface area contributed by atoms with Gasteiger partial charge in [0.15, 0.2) is 0 Å². The van der Waals surface area contributed by atoms with Gasteiger partial charge >= 0.3 is 113 Å². The van der Waals surface area contributed by atoms with Gasteiger partial charge in [-0.3, -0.25) is 0 Å². The van der Waals surface area contributed by atoms with E-state index >= 15 is 0 Å². The van der Waals surface area contributed by atoms with Gasteiger partial charge < -0.3 is 121 Å². The Labute approximate surface area is 339 Å². The summed E-state index contributed by atoms with van der Waals surface area (Å²) in [6.45, 7) is 0. The van der Waals surface area contributed by atoms with Crippen molar-refractivity contribution in [2.45, 2.75) is 73.2 Å². The molecule has 0 spiro atoms. The first-order valence-corrected chi connectivity index (χ1v) is 10.3. The molecule has 0 saturated carbocycles. The molecule has 0 bridgehead atoms. The molecule has 45 heavy (non-hydrogen) atoms. The van der Waals surface area contributed by atoms with E-state index in [0.29, 0.717) is 0 Å². The molecule has 0 aromatic rings. The van der Waals surface area contributed by atoms with Gasteiger partial charge in [0.1, 0.15) is 73.2 Å². The summed E-state index contributed by atoms with van der Waals surface area (Å²) in [5, 5.41) is 164. The molecule has 0 heterocycles. The van der Waals surface area contributed by atoms with Gasteiger partial charge in [-0.1, -0.05) is 0 Å². The second-order valence-corrected chi connectivity index (χ2v) is 7.53. The summed E-state index contributed by atoms with van der Waals surface area (Å²) in [4.78, 5) is 59.8. The second kappa shape index (κ2) is 28.0. The first-order chi connectivity index (χ1) is 18.9. The van der Waals surface area contributed by atoms with Gasteiger partial charge in [-0.25, -0.2) is 0 Å². The number of carbonyl (C=O) groups excluding carboxylic acids is 6. The van der Waals surface area contributed by atoms with Gasteiger partial charge in [0.25, 0.3) is 0 Å². The van der Waals surface area contributed by atoms with Crippen LogP contribution in [0.2, 0.25) is 0 Å². The van der Waals surface area contributed by atoms with Crippen molar-refractivity contribution >= 4 is 149 Å². The molecule has 24 nitrogen and oxygen atoms in total. The van der Waals surface area contributed by atoms with Crippen LogP contribution in [0.3, 0.4) is 0 Å². The van der Waals surface area contributed by atoms with E-state index in [1.165, 1.54) is 0 Å². The fourth-order valence-corrected chi connectivity index (χ4v) is 1.96. The van der Waals surface area contributed by atoms with Gasteiger partial charge in [-0.15, -0.1) is 0 Å². The molecule has 0 rings (SSSR count). The maximum absolute atomic E-state index is 9.96. The van der Waals surface area contributed by atoms with Crippen molar-refractivity contribution in [3.63, 3.8) is 0 Å². The van der Waals surface area contributed by atoms with Gasteiger partial charge in [-0.05, 0) is 0 Å². The first kappa shape index (κ1) is 57.4. The number of carbonyl (C=O) groups is 6. The van der Waals surface area contributed by atoms with Gasteiger partial charge in [0.2, 0.25) is 0 Å². The fraction of sp³-hybridized carbons (Fsp3) is 0.667. The zero-order chi connectivity index (χ0) is 34.4. The summed E-state index contributed by atoms with van der Waals surface area (Å²) in [7, 11) is 0. The third-order valence-corrected chi connectivity index (χ3v) is 4.44. The molecule has 0 aliphatic heterocycles. The Morgan fingerprint density at radius 3 is 0.378 bits per heavy atom. The molecule has 12 N–H and O–H groups in total. The molecular formula is C18H24Ca3O24. The van der Waals surface area contributed by atoms with Crippen LogP contribution in [0, 0.1) is 0 Å². The van der Waals surface area contributed by atoms with Crippen molar-refractivity contribution in [1.82, 2.24) is 0 Å². The molecule has 0 aliphatic rings. The van der Waals surface area contributed by atoms with Crippen LogP contribution in [0.4, 0.5) is 0 Å². The SMILES string of the molecule is O=C([O-])[C@@H](O)[C@H](O)[C@H](O)[C@H](O)C(=O)[O-].O=C([O-])[C@@H](O)[C@H](O)[C@H](O)[C@H](O)C(=O)[O-].O=C([O-])[C@@H](O)[C@H](O)[C@H](O)[C@H](O)C(=O)[O-].[Ca+2].[Ca+2].[Ca+2]. The molecule has 0 radical (unpaired) electrons. The molecule has 246 valence electrons. The Bertz CT molecular complexity index is 736. The zero-order valence-electron chi connectivity index (χ0n) is 22.3. The van der Waals surface area contributed by atoms with Crippen molar-refractivity contribution in [1.29, 1.82) is 0 Å². The summed E-state index contributed by atoms with van der Waals surface area (Å²) in [5.41, 5.74) is 0. The third kappa shape index (κ3) is 21.7. The zero-order valence-corrected chi connectivity index (χ0v) is 28.9. The van der Waals surface area contributed by atoms with Crippen LogP contribution in [0.5, 0.6) is 0 Å². The van der Waals surface area contributed by atoms with Crippen LogP contribution < -0.4 is 30.6 Å². The topological polar surface area (TPSA) is 484 Å². The number of aliphatic carboxylic acids is 6. The minimum atomic E-state index is -2.50. The molecule has 0 unspecified atom stereocenters. The Hall–Kier alpha value is 0.119. The number of carboxylic acid groups (broad SMARTS) is 6. The number of hydrogen-bond acceptors (Lipinski definition) is 24. The monoisotopic (exact) mass is 744 g/mol. The summed E-state index contributed by atoms with van der Waals surface area (Å²) in [5.74, 6) is -12.7. The van der Waals surface area contributed by atoms with E-state index in [1.807, 2.05) is 0 Å². The standard InChI is InChI=1S/3C6H10O8.3Ca/c3*7-1(3(9)5(11)12)2(8)4(10)6(13)14;;;/h3*1-4,7-10H,(H,11,12)(H,13,14);;;/q;;;3*+2/p-6/t3*1-,2+,3-,4-;;;/m000.../s1. The Balaban J connectivity index is -0.000000123. The molecule has 0 aliphatic carbocycles. The predicted molar refractivity (Wildman–Crippen MR) is 119 cm³/mol. The smallest absolute Gasteiger partial charge is 0.547 e. The average molecular weight is 745 g/mol. The van der Waals surface area contributed by atoms with Gasteiger partial charge in [-0.2, -0.15) is 0 Å². The Kier molecular flexibility index (Phi) is 35.7. The van der Waals surface area contributed by atoms with Crippen molar-refractivity contribution in [3.8, 4) is 0 Å². The van der Waals surface area contributed by atoms with Crippen LogP contribution in [0.15, 0.2) is 0 Å². The third-order valence-electron chi connectivity index (χ3n) is 4.44. The van der Waals surface area contributed by atoms with E-state index in [-0.39, 0.29) is 113 Å². The van der Waals surface area contributed by atoms with Gasteiger partial charge in [0, 0.05) is 0 Å². The van der Waals surface area contributed by atoms with E-state index in [2.05, 4.69) is 0 Å². The number of hydrogen-bond donors (Lipinski definition) is 12. The first-order valence-electron chi connectivity index (χ1n) is 10.3. The molecule has 0 saturated heterocycles. The average Bonchev–Trinajstić information content (AvgIpc) is 2.92. The predicted octanol–water partition coefficient (Wildman–Crippen LogP) is -19.4. The fourth-order valence-electron chi connectivity index (χ4n) is 1.96. The normalized spacial score (nSPS) is 18.1. The van der Waals surface area contributed by atoms with E-state index in [0.717, 1.165) is 0 Å². The molecule has 0 aromatic heterocycles. The Morgan fingerprint density at radius 1 is 0.267 bits per heavy atom. The quantitative estimate of drug-likeness (QED) is 0.0692. The van der Waals surface area contributed by atoms with Gasteiger partial charge in [0.05, 0.1) is 35.8 Å². The molecule has 27 heteroatoms. The van der Waals surface area contributed by atoms with E-state index in [4.69, 9.17) is 61.3 Å². The maximum atomic E-state index is 9.96. The number of carboxylic acids is 6. The molecule has 0 amide bonds. The summed E-state index contributed by atoms with van der Waals surface area (Å²) >= 11 is 0. The summed E-state index contributed by atoms with van der Waals surface area (Å²) in [6, 6.07) is 0. The number of aliphatic hydroxyl groups excluding tert-OH is 12. The molecular weight excluding hydrogens is 720 g/mol. The number of aliphatic hydroxyl groups is 12. The van der Waals surface area contributed by atoms with E-state index in [1.54, 1.807) is 0 Å². The van der Waals surface area contributed by atoms with E-state index < -0.39 is 109 Å². The van der Waals surface area contributed by atoms with Crippen LogP contribution in [-0.4, -0.2) is 284 Å². The largest absolute Gasteiger partial charge is 2.00 e. The molecule has 0 aromatic carbocycles.